The Hall–Kier alpha value is -4.61. The first-order chi connectivity index (χ1) is 15.7. The molecule has 1 heterocycles. The maximum atomic E-state index is 12.6. The van der Waals surface area contributed by atoms with Gasteiger partial charge in [0.15, 0.2) is 5.78 Å². The number of aromatic nitrogens is 2. The number of carbonyl (C=O) groups is 4. The molecule has 170 valence electrons. The highest BCUT2D eigenvalue weighted by molar-refractivity contribution is 6.10. The highest BCUT2D eigenvalue weighted by Gasteiger charge is 2.24. The van der Waals surface area contributed by atoms with Gasteiger partial charge in [0.1, 0.15) is 0 Å². The number of carbonyl (C=O) groups excluding carboxylic acids is 4. The molecule has 0 aliphatic carbocycles. The van der Waals surface area contributed by atoms with Gasteiger partial charge in [-0.1, -0.05) is 0 Å². The number of azo groups is 1. The quantitative estimate of drug-likeness (QED) is 0.279. The molecule has 0 saturated heterocycles. The van der Waals surface area contributed by atoms with Crippen molar-refractivity contribution in [3.8, 4) is 0 Å². The van der Waals surface area contributed by atoms with Crippen molar-refractivity contribution in [3.63, 3.8) is 0 Å². The van der Waals surface area contributed by atoms with E-state index in [4.69, 9.17) is 0 Å². The van der Waals surface area contributed by atoms with Crippen molar-refractivity contribution >= 4 is 46.0 Å². The van der Waals surface area contributed by atoms with Crippen LogP contribution in [-0.2, 0) is 19.1 Å². The molecule has 33 heavy (non-hydrogen) atoms. The summed E-state index contributed by atoms with van der Waals surface area (Å²) in [5.74, 6) is -2.81. The summed E-state index contributed by atoms with van der Waals surface area (Å²) in [5.41, 5.74) is 0.985. The number of aromatic amines is 2. The number of fused-ring (bicyclic) bond motifs is 1. The van der Waals surface area contributed by atoms with Crippen molar-refractivity contribution in [2.45, 2.75) is 13.0 Å². The SMILES string of the molecule is COC(=O)c1cc(N=N[C@@H](C(C)=O)C(=O)Nc2ccc3[nH]c(=O)[nH]c3c2)cc(C(=O)OC)c1. The molecule has 1 aromatic heterocycles. The Kier molecular flexibility index (Phi) is 6.77. The summed E-state index contributed by atoms with van der Waals surface area (Å²) in [4.78, 5) is 65.0. The molecule has 0 aliphatic heterocycles. The molecule has 0 aliphatic rings. The zero-order valence-corrected chi connectivity index (χ0v) is 17.8. The number of methoxy groups -OCH3 is 2. The van der Waals surface area contributed by atoms with E-state index in [1.165, 1.54) is 45.4 Å². The second-order valence-corrected chi connectivity index (χ2v) is 6.81. The van der Waals surface area contributed by atoms with Gasteiger partial charge in [-0.25, -0.2) is 14.4 Å². The number of nitrogens with zero attached hydrogens (tertiary/aromatic N) is 2. The van der Waals surface area contributed by atoms with E-state index in [0.29, 0.717) is 16.7 Å². The van der Waals surface area contributed by atoms with Crippen molar-refractivity contribution in [1.82, 2.24) is 9.97 Å². The molecule has 12 nitrogen and oxygen atoms in total. The van der Waals surface area contributed by atoms with Crippen LogP contribution in [0.25, 0.3) is 11.0 Å². The van der Waals surface area contributed by atoms with Crippen LogP contribution in [0.15, 0.2) is 51.4 Å². The number of imidazole rings is 1. The molecule has 3 N–H and O–H groups in total. The molecular formula is C21H19N5O7. The number of ether oxygens (including phenoxy) is 2. The number of ketones is 1. The van der Waals surface area contributed by atoms with E-state index in [9.17, 15) is 24.0 Å². The van der Waals surface area contributed by atoms with Crippen molar-refractivity contribution in [1.29, 1.82) is 0 Å². The van der Waals surface area contributed by atoms with Crippen LogP contribution in [0.1, 0.15) is 27.6 Å². The predicted octanol–water partition coefficient (Wildman–Crippen LogP) is 2.11. The van der Waals surface area contributed by atoms with E-state index in [0.717, 1.165) is 0 Å². The number of amides is 1. The smallest absolute Gasteiger partial charge is 0.337 e. The van der Waals surface area contributed by atoms with E-state index in [-0.39, 0.29) is 16.8 Å². The molecule has 1 atom stereocenters. The van der Waals surface area contributed by atoms with Crippen molar-refractivity contribution < 1.29 is 28.7 Å². The zero-order chi connectivity index (χ0) is 24.1. The summed E-state index contributed by atoms with van der Waals surface area (Å²) in [6.45, 7) is 1.17. The minimum atomic E-state index is -1.51. The molecule has 0 radical (unpaired) electrons. The van der Waals surface area contributed by atoms with Crippen molar-refractivity contribution in [3.05, 3.63) is 58.0 Å². The third-order valence-electron chi connectivity index (χ3n) is 4.47. The summed E-state index contributed by atoms with van der Waals surface area (Å²) in [6.07, 6.45) is 0. The number of Topliss-reactive ketones (excluding diaryl/α,β-unsaturated/α-hetero) is 1. The van der Waals surface area contributed by atoms with Gasteiger partial charge < -0.3 is 24.8 Å². The molecule has 3 aromatic rings. The fourth-order valence-electron chi connectivity index (χ4n) is 2.90. The Bertz CT molecular complexity index is 1300. The number of anilines is 1. The Morgan fingerprint density at radius 1 is 0.909 bits per heavy atom. The molecule has 2 aromatic carbocycles. The third-order valence-corrected chi connectivity index (χ3v) is 4.47. The molecule has 0 bridgehead atoms. The molecular weight excluding hydrogens is 434 g/mol. The maximum absolute atomic E-state index is 12.6. The van der Waals surface area contributed by atoms with Crippen LogP contribution < -0.4 is 11.0 Å². The first-order valence-corrected chi connectivity index (χ1v) is 9.47. The van der Waals surface area contributed by atoms with Crippen LogP contribution >= 0.6 is 0 Å². The van der Waals surface area contributed by atoms with Gasteiger partial charge in [0.2, 0.25) is 6.04 Å². The number of rotatable bonds is 7. The van der Waals surface area contributed by atoms with Gasteiger partial charge in [-0.3, -0.25) is 9.59 Å². The van der Waals surface area contributed by atoms with E-state index in [1.807, 2.05) is 0 Å². The number of nitrogens with one attached hydrogen (secondary N) is 3. The van der Waals surface area contributed by atoms with Crippen LogP contribution in [0.2, 0.25) is 0 Å². The van der Waals surface area contributed by atoms with Crippen LogP contribution in [0.5, 0.6) is 0 Å². The van der Waals surface area contributed by atoms with Crippen molar-refractivity contribution in [2.75, 3.05) is 19.5 Å². The fourth-order valence-corrected chi connectivity index (χ4v) is 2.90. The molecule has 3 rings (SSSR count). The van der Waals surface area contributed by atoms with E-state index < -0.39 is 35.4 Å². The summed E-state index contributed by atoms with van der Waals surface area (Å²) in [5, 5.41) is 10.2. The van der Waals surface area contributed by atoms with E-state index >= 15 is 0 Å². The van der Waals surface area contributed by atoms with Gasteiger partial charge in [0.25, 0.3) is 5.91 Å². The summed E-state index contributed by atoms with van der Waals surface area (Å²) >= 11 is 0. The molecule has 0 unspecified atom stereocenters. The lowest BCUT2D eigenvalue weighted by Gasteiger charge is -2.10. The summed E-state index contributed by atoms with van der Waals surface area (Å²) in [6, 6.07) is 6.96. The van der Waals surface area contributed by atoms with Gasteiger partial charge in [-0.2, -0.15) is 10.2 Å². The highest BCUT2D eigenvalue weighted by Crippen LogP contribution is 2.21. The minimum absolute atomic E-state index is 0.00646. The first kappa shape index (κ1) is 23.1. The first-order valence-electron chi connectivity index (χ1n) is 9.47. The monoisotopic (exact) mass is 453 g/mol. The van der Waals surface area contributed by atoms with Crippen LogP contribution in [-0.4, -0.2) is 53.9 Å². The highest BCUT2D eigenvalue weighted by atomic mass is 16.5. The third kappa shape index (κ3) is 5.36. The number of esters is 2. The Morgan fingerprint density at radius 2 is 1.52 bits per heavy atom. The van der Waals surface area contributed by atoms with Crippen LogP contribution in [0.4, 0.5) is 11.4 Å². The molecule has 12 heteroatoms. The van der Waals surface area contributed by atoms with Gasteiger partial charge in [0.05, 0.1) is 42.1 Å². The van der Waals surface area contributed by atoms with Crippen LogP contribution in [0.3, 0.4) is 0 Å². The molecule has 0 saturated carbocycles. The number of benzene rings is 2. The summed E-state index contributed by atoms with van der Waals surface area (Å²) < 4.78 is 9.31. The average Bonchev–Trinajstić information content (AvgIpc) is 3.16. The van der Waals surface area contributed by atoms with Crippen LogP contribution in [0, 0.1) is 0 Å². The lowest BCUT2D eigenvalue weighted by molar-refractivity contribution is -0.126. The number of hydrogen-bond acceptors (Lipinski definition) is 9. The second kappa shape index (κ2) is 9.68. The fraction of sp³-hybridized carbons (Fsp3) is 0.190. The molecule has 1 amide bonds. The maximum Gasteiger partial charge on any atom is 0.337 e. The van der Waals surface area contributed by atoms with E-state index in [2.05, 4.69) is 35.0 Å². The molecule has 0 fully saturated rings. The largest absolute Gasteiger partial charge is 0.465 e. The van der Waals surface area contributed by atoms with Gasteiger partial charge in [-0.05, 0) is 43.3 Å². The normalized spacial score (nSPS) is 11.8. The topological polar surface area (TPSA) is 172 Å². The second-order valence-electron chi connectivity index (χ2n) is 6.81. The number of hydrogen-bond donors (Lipinski definition) is 3. The summed E-state index contributed by atoms with van der Waals surface area (Å²) in [7, 11) is 2.34. The predicted molar refractivity (Wildman–Crippen MR) is 116 cm³/mol. The minimum Gasteiger partial charge on any atom is -0.465 e. The zero-order valence-electron chi connectivity index (χ0n) is 17.8. The number of H-pyrrole nitrogens is 2. The Labute approximate surface area is 186 Å². The van der Waals surface area contributed by atoms with Gasteiger partial charge in [0, 0.05) is 5.69 Å². The standard InChI is InChI=1S/C21H19N5O7/c1-10(27)17(18(28)22-13-4-5-15-16(9-13)24-21(31)23-15)26-25-14-7-11(19(29)32-2)6-12(8-14)20(30)33-3/h4-9,17H,1-3H3,(H,22,28)(H2,23,24,31)/t17-/m0/s1. The Balaban J connectivity index is 1.87. The van der Waals surface area contributed by atoms with Crippen molar-refractivity contribution in [2.24, 2.45) is 10.2 Å². The Morgan fingerprint density at radius 3 is 2.09 bits per heavy atom. The van der Waals surface area contributed by atoms with Gasteiger partial charge in [-0.15, -0.1) is 0 Å². The van der Waals surface area contributed by atoms with E-state index in [1.54, 1.807) is 12.1 Å². The average molecular weight is 453 g/mol. The van der Waals surface area contributed by atoms with Gasteiger partial charge >= 0.3 is 17.6 Å². The lowest BCUT2D eigenvalue weighted by atomic mass is 10.1. The molecule has 0 spiro atoms. The lowest BCUT2D eigenvalue weighted by Crippen LogP contribution is -2.31.